The molecule has 0 saturated heterocycles. The molecule has 1 amide bonds. The number of hydrogen-bond acceptors (Lipinski definition) is 5. The second-order valence-electron chi connectivity index (χ2n) is 6.90. The van der Waals surface area contributed by atoms with Crippen molar-refractivity contribution in [2.75, 3.05) is 13.7 Å². The van der Waals surface area contributed by atoms with E-state index in [0.29, 0.717) is 18.0 Å². The van der Waals surface area contributed by atoms with Gasteiger partial charge in [0.25, 0.3) is 0 Å². The third-order valence-corrected chi connectivity index (χ3v) is 4.79. The average molecular weight is 423 g/mol. The molecule has 0 radical (unpaired) electrons. The lowest BCUT2D eigenvalue weighted by atomic mass is 10.1. The molecule has 0 aliphatic rings. The van der Waals surface area contributed by atoms with E-state index in [2.05, 4.69) is 5.32 Å². The van der Waals surface area contributed by atoms with E-state index in [9.17, 15) is 14.4 Å². The smallest absolute Gasteiger partial charge is 0.320 e. The summed E-state index contributed by atoms with van der Waals surface area (Å²) in [5.74, 6) is 1.03. The standard InChI is InChI=1S/C23H25N3O5/c1-4-31-20-11-7-18(8-12-20)26-14-13-25(22(28)23(26)29)15-21(27)24-16(2)17-5-9-19(30-3)10-6-17/h5-14,16H,4,15H2,1-3H3,(H,24,27). The van der Waals surface area contributed by atoms with Crippen LogP contribution in [0, 0.1) is 0 Å². The highest BCUT2D eigenvalue weighted by Crippen LogP contribution is 2.17. The van der Waals surface area contributed by atoms with Gasteiger partial charge in [-0.05, 0) is 55.8 Å². The van der Waals surface area contributed by atoms with Crippen LogP contribution in [0.2, 0.25) is 0 Å². The van der Waals surface area contributed by atoms with E-state index in [1.54, 1.807) is 31.4 Å². The second-order valence-corrected chi connectivity index (χ2v) is 6.90. The number of ether oxygens (including phenoxy) is 2. The fourth-order valence-corrected chi connectivity index (χ4v) is 3.12. The van der Waals surface area contributed by atoms with E-state index in [1.807, 2.05) is 38.1 Å². The van der Waals surface area contributed by atoms with Crippen LogP contribution in [0.4, 0.5) is 0 Å². The van der Waals surface area contributed by atoms with E-state index < -0.39 is 11.1 Å². The van der Waals surface area contributed by atoms with Crippen LogP contribution in [-0.4, -0.2) is 28.8 Å². The number of hydrogen-bond donors (Lipinski definition) is 1. The van der Waals surface area contributed by atoms with Crippen molar-refractivity contribution >= 4 is 5.91 Å². The molecule has 162 valence electrons. The Kier molecular flexibility index (Phi) is 6.92. The molecule has 0 fully saturated rings. The van der Waals surface area contributed by atoms with Crippen LogP contribution in [0.5, 0.6) is 11.5 Å². The van der Waals surface area contributed by atoms with Crippen molar-refractivity contribution in [3.05, 3.63) is 87.2 Å². The summed E-state index contributed by atoms with van der Waals surface area (Å²) in [6.45, 7) is 4.01. The summed E-state index contributed by atoms with van der Waals surface area (Å²) in [5, 5.41) is 2.83. The molecule has 1 heterocycles. The molecule has 0 aliphatic carbocycles. The topological polar surface area (TPSA) is 91.6 Å². The quantitative estimate of drug-likeness (QED) is 0.562. The van der Waals surface area contributed by atoms with E-state index >= 15 is 0 Å². The third-order valence-electron chi connectivity index (χ3n) is 4.79. The normalized spacial score (nSPS) is 11.6. The van der Waals surface area contributed by atoms with Crippen LogP contribution in [-0.2, 0) is 11.3 Å². The first kappa shape index (κ1) is 21.9. The van der Waals surface area contributed by atoms with Gasteiger partial charge in [-0.2, -0.15) is 0 Å². The van der Waals surface area contributed by atoms with Gasteiger partial charge in [0.2, 0.25) is 5.91 Å². The first-order valence-corrected chi connectivity index (χ1v) is 9.91. The molecule has 31 heavy (non-hydrogen) atoms. The third kappa shape index (κ3) is 5.22. The maximum Gasteiger partial charge on any atom is 0.320 e. The zero-order valence-electron chi connectivity index (χ0n) is 17.7. The molecule has 3 rings (SSSR count). The van der Waals surface area contributed by atoms with Crippen LogP contribution in [0.15, 0.2) is 70.5 Å². The number of nitrogens with zero attached hydrogens (tertiary/aromatic N) is 2. The lowest BCUT2D eigenvalue weighted by Gasteiger charge is -2.15. The molecule has 1 aromatic heterocycles. The lowest BCUT2D eigenvalue weighted by molar-refractivity contribution is -0.122. The van der Waals surface area contributed by atoms with Crippen molar-refractivity contribution in [1.82, 2.24) is 14.5 Å². The summed E-state index contributed by atoms with van der Waals surface area (Å²) in [6, 6.07) is 13.9. The number of benzene rings is 2. The van der Waals surface area contributed by atoms with Crippen LogP contribution >= 0.6 is 0 Å². The number of rotatable bonds is 8. The minimum Gasteiger partial charge on any atom is -0.497 e. The number of amides is 1. The van der Waals surface area contributed by atoms with Gasteiger partial charge in [0, 0.05) is 18.1 Å². The first-order chi connectivity index (χ1) is 14.9. The molecule has 3 aromatic rings. The number of nitrogens with one attached hydrogen (secondary N) is 1. The van der Waals surface area contributed by atoms with Gasteiger partial charge in [0.05, 0.1) is 19.8 Å². The van der Waals surface area contributed by atoms with Crippen LogP contribution in [0.1, 0.15) is 25.5 Å². The van der Waals surface area contributed by atoms with Crippen LogP contribution in [0.3, 0.4) is 0 Å². The summed E-state index contributed by atoms with van der Waals surface area (Å²) in [6.07, 6.45) is 2.90. The van der Waals surface area contributed by atoms with Crippen molar-refractivity contribution in [2.24, 2.45) is 0 Å². The Morgan fingerprint density at radius 2 is 1.61 bits per heavy atom. The van der Waals surface area contributed by atoms with E-state index in [0.717, 1.165) is 15.9 Å². The number of carbonyl (C=O) groups excluding carboxylic acids is 1. The maximum atomic E-state index is 12.5. The van der Waals surface area contributed by atoms with E-state index in [-0.39, 0.29) is 18.5 Å². The summed E-state index contributed by atoms with van der Waals surface area (Å²) >= 11 is 0. The zero-order valence-corrected chi connectivity index (χ0v) is 17.7. The minimum absolute atomic E-state index is 0.251. The summed E-state index contributed by atoms with van der Waals surface area (Å²) in [4.78, 5) is 37.5. The Bertz CT molecular complexity index is 1150. The Labute approximate surface area is 179 Å². The Balaban J connectivity index is 1.71. The fraction of sp³-hybridized carbons (Fsp3) is 0.261. The molecule has 0 bridgehead atoms. The van der Waals surface area contributed by atoms with Gasteiger partial charge < -0.3 is 14.8 Å². The maximum absolute atomic E-state index is 12.5. The van der Waals surface area contributed by atoms with Gasteiger partial charge in [-0.1, -0.05) is 12.1 Å². The molecule has 0 spiro atoms. The van der Waals surface area contributed by atoms with Crippen LogP contribution < -0.4 is 25.9 Å². The fourth-order valence-electron chi connectivity index (χ4n) is 3.12. The van der Waals surface area contributed by atoms with Crippen molar-refractivity contribution in [2.45, 2.75) is 26.4 Å². The molecular weight excluding hydrogens is 398 g/mol. The summed E-state index contributed by atoms with van der Waals surface area (Å²) < 4.78 is 12.9. The monoisotopic (exact) mass is 423 g/mol. The van der Waals surface area contributed by atoms with Crippen LogP contribution in [0.25, 0.3) is 5.69 Å². The second kappa shape index (κ2) is 9.80. The highest BCUT2D eigenvalue weighted by Gasteiger charge is 2.13. The van der Waals surface area contributed by atoms with Gasteiger partial charge in [-0.25, -0.2) is 0 Å². The van der Waals surface area contributed by atoms with Crippen molar-refractivity contribution in [1.29, 1.82) is 0 Å². The van der Waals surface area contributed by atoms with Gasteiger partial charge in [0.1, 0.15) is 18.0 Å². The molecule has 1 N–H and O–H groups in total. The molecule has 8 nitrogen and oxygen atoms in total. The highest BCUT2D eigenvalue weighted by molar-refractivity contribution is 5.76. The Morgan fingerprint density at radius 3 is 2.23 bits per heavy atom. The number of carbonyl (C=O) groups is 1. The van der Waals surface area contributed by atoms with Crippen molar-refractivity contribution in [3.8, 4) is 17.2 Å². The molecule has 1 atom stereocenters. The molecular formula is C23H25N3O5. The highest BCUT2D eigenvalue weighted by atomic mass is 16.5. The largest absolute Gasteiger partial charge is 0.497 e. The minimum atomic E-state index is -0.774. The Hall–Kier alpha value is -3.81. The average Bonchev–Trinajstić information content (AvgIpc) is 2.78. The van der Waals surface area contributed by atoms with Gasteiger partial charge in [-0.3, -0.25) is 23.5 Å². The molecule has 0 aliphatic heterocycles. The lowest BCUT2D eigenvalue weighted by Crippen LogP contribution is -2.42. The first-order valence-electron chi connectivity index (χ1n) is 9.91. The van der Waals surface area contributed by atoms with Crippen molar-refractivity contribution in [3.63, 3.8) is 0 Å². The zero-order chi connectivity index (χ0) is 22.4. The van der Waals surface area contributed by atoms with Gasteiger partial charge >= 0.3 is 11.1 Å². The molecule has 1 unspecified atom stereocenters. The summed E-state index contributed by atoms with van der Waals surface area (Å²) in [5.41, 5.74) is -0.0750. The van der Waals surface area contributed by atoms with Gasteiger partial charge in [-0.15, -0.1) is 0 Å². The van der Waals surface area contributed by atoms with Crippen molar-refractivity contribution < 1.29 is 14.3 Å². The number of methoxy groups -OCH3 is 1. The van der Waals surface area contributed by atoms with Gasteiger partial charge in [0.15, 0.2) is 0 Å². The predicted molar refractivity (Wildman–Crippen MR) is 117 cm³/mol. The molecule has 0 saturated carbocycles. The Morgan fingerprint density at radius 1 is 0.968 bits per heavy atom. The molecule has 2 aromatic carbocycles. The SMILES string of the molecule is CCOc1ccc(-n2ccn(CC(=O)NC(C)c3ccc(OC)cc3)c(=O)c2=O)cc1. The molecule has 8 heteroatoms. The summed E-state index contributed by atoms with van der Waals surface area (Å²) in [7, 11) is 1.59. The number of aromatic nitrogens is 2. The van der Waals surface area contributed by atoms with E-state index in [4.69, 9.17) is 9.47 Å². The van der Waals surface area contributed by atoms with E-state index in [1.165, 1.54) is 17.0 Å². The predicted octanol–water partition coefficient (Wildman–Crippen LogP) is 2.28.